The minimum Gasteiger partial charge on any atom is -0.0836 e. The van der Waals surface area contributed by atoms with E-state index in [1.807, 2.05) is 0 Å². The molecule has 0 fully saturated rings. The van der Waals surface area contributed by atoms with Crippen LogP contribution in [0.1, 0.15) is 40.1 Å². The summed E-state index contributed by atoms with van der Waals surface area (Å²) in [5.41, 5.74) is 9.49. The lowest BCUT2D eigenvalue weighted by Crippen LogP contribution is -2.22. The first kappa shape index (κ1) is 14.8. The van der Waals surface area contributed by atoms with Crippen molar-refractivity contribution in [1.82, 2.24) is 0 Å². The van der Waals surface area contributed by atoms with Crippen molar-refractivity contribution in [3.63, 3.8) is 0 Å². The third-order valence-electron chi connectivity index (χ3n) is 5.67. The lowest BCUT2D eigenvalue weighted by Gasteiger charge is -2.35. The first-order valence-corrected chi connectivity index (χ1v) is 9.07. The molecule has 1 heteroatoms. The van der Waals surface area contributed by atoms with Gasteiger partial charge in [-0.25, -0.2) is 0 Å². The SMILES string of the molecule is [B]C1c2ccccc2C(c2cccc3c2CCC=C3)=C2C=CC=CC21. The summed E-state index contributed by atoms with van der Waals surface area (Å²) >= 11 is 0. The van der Waals surface area contributed by atoms with E-state index in [1.165, 1.54) is 39.0 Å². The van der Waals surface area contributed by atoms with Gasteiger partial charge in [0.15, 0.2) is 0 Å². The Balaban J connectivity index is 1.84. The van der Waals surface area contributed by atoms with Gasteiger partial charge in [0.2, 0.25) is 0 Å². The molecule has 0 nitrogen and oxygen atoms in total. The molecular weight excluding hydrogens is 299 g/mol. The first-order chi connectivity index (χ1) is 12.3. The molecule has 118 valence electrons. The molecule has 0 aromatic heterocycles. The van der Waals surface area contributed by atoms with Gasteiger partial charge in [0.05, 0.1) is 7.85 Å². The van der Waals surface area contributed by atoms with Gasteiger partial charge in [-0.3, -0.25) is 0 Å². The van der Waals surface area contributed by atoms with Gasteiger partial charge < -0.3 is 0 Å². The Morgan fingerprint density at radius 1 is 0.880 bits per heavy atom. The molecule has 0 amide bonds. The summed E-state index contributed by atoms with van der Waals surface area (Å²) in [5, 5.41) is 0. The second kappa shape index (κ2) is 5.77. The standard InChI is InChI=1S/C24H19B/c25-24-21-13-5-3-11-19(21)23(20-12-4-6-14-22(20)24)18-15-7-9-16-8-1-2-10-17(16)18/h1,3-9,11-15,21,24H,2,10H2. The molecule has 0 saturated carbocycles. The summed E-state index contributed by atoms with van der Waals surface area (Å²) in [4.78, 5) is 0. The van der Waals surface area contributed by atoms with Gasteiger partial charge in [0.25, 0.3) is 0 Å². The predicted molar refractivity (Wildman–Crippen MR) is 107 cm³/mol. The summed E-state index contributed by atoms with van der Waals surface area (Å²) in [5.74, 6) is 0.278. The lowest BCUT2D eigenvalue weighted by atomic mass is 9.61. The molecule has 3 aliphatic rings. The van der Waals surface area contributed by atoms with E-state index in [9.17, 15) is 0 Å². The lowest BCUT2D eigenvalue weighted by molar-refractivity contribution is 0.724. The van der Waals surface area contributed by atoms with Crippen molar-refractivity contribution in [3.8, 4) is 0 Å². The zero-order valence-electron chi connectivity index (χ0n) is 14.2. The Labute approximate surface area is 150 Å². The molecule has 3 aliphatic carbocycles. The Kier molecular flexibility index (Phi) is 3.41. The van der Waals surface area contributed by atoms with Crippen molar-refractivity contribution in [3.05, 3.63) is 106 Å². The average molecular weight is 318 g/mol. The summed E-state index contributed by atoms with van der Waals surface area (Å²) in [6.45, 7) is 0. The summed E-state index contributed by atoms with van der Waals surface area (Å²) in [7, 11) is 6.65. The Morgan fingerprint density at radius 2 is 1.76 bits per heavy atom. The summed E-state index contributed by atoms with van der Waals surface area (Å²) in [6.07, 6.45) is 15.6. The Morgan fingerprint density at radius 3 is 2.72 bits per heavy atom. The topological polar surface area (TPSA) is 0 Å². The van der Waals surface area contributed by atoms with Gasteiger partial charge in [-0.15, -0.1) is 0 Å². The van der Waals surface area contributed by atoms with Crippen LogP contribution in [0.25, 0.3) is 11.6 Å². The van der Waals surface area contributed by atoms with Gasteiger partial charge >= 0.3 is 0 Å². The van der Waals surface area contributed by atoms with Crippen LogP contribution < -0.4 is 0 Å². The minimum atomic E-state index is 0.0237. The second-order valence-corrected chi connectivity index (χ2v) is 7.03. The fourth-order valence-corrected chi connectivity index (χ4v) is 4.50. The molecule has 25 heavy (non-hydrogen) atoms. The summed E-state index contributed by atoms with van der Waals surface area (Å²) in [6, 6.07) is 15.4. The number of allylic oxidation sites excluding steroid dienone is 6. The van der Waals surface area contributed by atoms with Crippen LogP contribution in [-0.2, 0) is 6.42 Å². The second-order valence-electron chi connectivity index (χ2n) is 7.03. The maximum absolute atomic E-state index is 6.65. The highest BCUT2D eigenvalue weighted by Gasteiger charge is 2.32. The van der Waals surface area contributed by atoms with E-state index in [-0.39, 0.29) is 11.7 Å². The van der Waals surface area contributed by atoms with E-state index in [0.29, 0.717) is 0 Å². The number of benzene rings is 2. The fourth-order valence-electron chi connectivity index (χ4n) is 4.50. The van der Waals surface area contributed by atoms with Gasteiger partial charge in [0.1, 0.15) is 0 Å². The highest BCUT2D eigenvalue weighted by molar-refractivity contribution is 6.14. The first-order valence-electron chi connectivity index (χ1n) is 9.07. The monoisotopic (exact) mass is 318 g/mol. The van der Waals surface area contributed by atoms with Crippen molar-refractivity contribution < 1.29 is 0 Å². The van der Waals surface area contributed by atoms with Gasteiger partial charge in [-0.05, 0) is 57.6 Å². The fraction of sp³-hybridized carbons (Fsp3) is 0.167. The van der Waals surface area contributed by atoms with E-state index in [4.69, 9.17) is 7.85 Å². The molecule has 0 N–H and O–H groups in total. The van der Waals surface area contributed by atoms with E-state index in [0.717, 1.165) is 12.8 Å². The van der Waals surface area contributed by atoms with E-state index < -0.39 is 0 Å². The maximum atomic E-state index is 6.65. The highest BCUT2D eigenvalue weighted by Crippen LogP contribution is 2.47. The van der Waals surface area contributed by atoms with Gasteiger partial charge in [-0.1, -0.05) is 78.9 Å². The molecule has 0 spiro atoms. The molecule has 2 unspecified atom stereocenters. The van der Waals surface area contributed by atoms with Gasteiger partial charge in [0, 0.05) is 5.92 Å². The zero-order valence-corrected chi connectivity index (χ0v) is 14.2. The quantitative estimate of drug-likeness (QED) is 0.616. The molecule has 2 aromatic carbocycles. The van der Waals surface area contributed by atoms with Crippen LogP contribution in [0.2, 0.25) is 0 Å². The molecular formula is C24H19B. The molecule has 5 rings (SSSR count). The van der Waals surface area contributed by atoms with Crippen molar-refractivity contribution in [2.45, 2.75) is 18.7 Å². The Bertz CT molecular complexity index is 971. The number of rotatable bonds is 1. The van der Waals surface area contributed by atoms with E-state index in [2.05, 4.69) is 78.9 Å². The van der Waals surface area contributed by atoms with E-state index in [1.54, 1.807) is 0 Å². The number of hydrogen-bond acceptors (Lipinski definition) is 0. The van der Waals surface area contributed by atoms with Crippen molar-refractivity contribution in [1.29, 1.82) is 0 Å². The van der Waals surface area contributed by atoms with Crippen molar-refractivity contribution >= 4 is 19.5 Å². The van der Waals surface area contributed by atoms with Crippen LogP contribution in [0.3, 0.4) is 0 Å². The normalized spacial score (nSPS) is 23.2. The predicted octanol–water partition coefficient (Wildman–Crippen LogP) is 5.41. The van der Waals surface area contributed by atoms with Crippen molar-refractivity contribution in [2.24, 2.45) is 5.92 Å². The van der Waals surface area contributed by atoms with Crippen molar-refractivity contribution in [2.75, 3.05) is 0 Å². The Hall–Kier alpha value is -2.54. The molecule has 0 bridgehead atoms. The van der Waals surface area contributed by atoms with Crippen LogP contribution in [-0.4, -0.2) is 7.85 Å². The number of fused-ring (bicyclic) bond motifs is 3. The van der Waals surface area contributed by atoms with E-state index >= 15 is 0 Å². The third kappa shape index (κ3) is 2.22. The van der Waals surface area contributed by atoms with Crippen LogP contribution in [0.5, 0.6) is 0 Å². The van der Waals surface area contributed by atoms with Crippen LogP contribution >= 0.6 is 0 Å². The van der Waals surface area contributed by atoms with Crippen LogP contribution in [0.4, 0.5) is 0 Å². The average Bonchev–Trinajstić information content (AvgIpc) is 2.68. The largest absolute Gasteiger partial charge is 0.0836 e. The zero-order chi connectivity index (χ0) is 16.8. The number of hydrogen-bond donors (Lipinski definition) is 0. The van der Waals surface area contributed by atoms with Crippen LogP contribution in [0, 0.1) is 5.92 Å². The van der Waals surface area contributed by atoms with Crippen LogP contribution in [0.15, 0.2) is 78.4 Å². The maximum Gasteiger partial charge on any atom is 0.0776 e. The summed E-state index contributed by atoms with van der Waals surface area (Å²) < 4.78 is 0. The van der Waals surface area contributed by atoms with Gasteiger partial charge in [-0.2, -0.15) is 0 Å². The molecule has 0 aliphatic heterocycles. The highest BCUT2D eigenvalue weighted by atomic mass is 14.3. The molecule has 2 aromatic rings. The smallest absolute Gasteiger partial charge is 0.0776 e. The molecule has 0 heterocycles. The molecule has 2 radical (unpaired) electrons. The molecule has 2 atom stereocenters. The third-order valence-corrected chi connectivity index (χ3v) is 5.67. The molecule has 0 saturated heterocycles. The minimum absolute atomic E-state index is 0.0237.